The third-order valence-corrected chi connectivity index (χ3v) is 6.36. The lowest BCUT2D eigenvalue weighted by molar-refractivity contribution is -0.148. The van der Waals surface area contributed by atoms with E-state index < -0.39 is 12.1 Å². The number of carboxylic acids is 1. The van der Waals surface area contributed by atoms with Gasteiger partial charge in [-0.1, -0.05) is 12.8 Å². The SMILES string of the molecule is CN1C(=O)c2cc(NC(=O)NC3CCCC3)ccc2OC[C@H]2O[C@H](CC(=O)O)CC[C@@H]21. The first-order valence-electron chi connectivity index (χ1n) is 10.9. The number of carbonyl (C=O) groups excluding carboxylic acids is 2. The number of carbonyl (C=O) groups is 3. The Morgan fingerprint density at radius 3 is 2.71 bits per heavy atom. The van der Waals surface area contributed by atoms with Gasteiger partial charge < -0.3 is 30.1 Å². The standard InChI is InChI=1S/C22H29N3O6/c1-25-17-8-7-15(11-20(26)27)31-19(17)12-30-18-9-6-14(10-16(18)21(25)28)24-22(29)23-13-4-2-3-5-13/h6,9-10,13,15,17,19H,2-5,7-8,11-12H2,1H3,(H,26,27)(H2,23,24,29)/t15-,17-,19+/m0/s1. The highest BCUT2D eigenvalue weighted by molar-refractivity contribution is 5.99. The van der Waals surface area contributed by atoms with Gasteiger partial charge in [-0.05, 0) is 43.9 Å². The van der Waals surface area contributed by atoms with Crippen molar-refractivity contribution in [3.8, 4) is 5.75 Å². The molecule has 0 spiro atoms. The molecule has 2 fully saturated rings. The van der Waals surface area contributed by atoms with Gasteiger partial charge in [0.15, 0.2) is 0 Å². The maximum atomic E-state index is 13.2. The van der Waals surface area contributed by atoms with E-state index in [-0.39, 0.29) is 43.2 Å². The van der Waals surface area contributed by atoms with E-state index >= 15 is 0 Å². The van der Waals surface area contributed by atoms with Crippen LogP contribution in [0.15, 0.2) is 18.2 Å². The van der Waals surface area contributed by atoms with Gasteiger partial charge >= 0.3 is 12.0 Å². The number of nitrogens with zero attached hydrogens (tertiary/aromatic N) is 1. The van der Waals surface area contributed by atoms with Crippen LogP contribution in [0.5, 0.6) is 5.75 Å². The minimum atomic E-state index is -0.901. The van der Waals surface area contributed by atoms with Crippen molar-refractivity contribution in [1.29, 1.82) is 0 Å². The Hall–Kier alpha value is -2.81. The van der Waals surface area contributed by atoms with E-state index in [0.29, 0.717) is 29.8 Å². The number of hydrogen-bond donors (Lipinski definition) is 3. The van der Waals surface area contributed by atoms with Crippen molar-refractivity contribution >= 4 is 23.6 Å². The van der Waals surface area contributed by atoms with E-state index in [2.05, 4.69) is 10.6 Å². The molecule has 4 rings (SSSR count). The average Bonchev–Trinajstić information content (AvgIpc) is 3.23. The lowest BCUT2D eigenvalue weighted by atomic mass is 9.94. The average molecular weight is 431 g/mol. The van der Waals surface area contributed by atoms with Crippen LogP contribution in [-0.2, 0) is 9.53 Å². The first-order chi connectivity index (χ1) is 14.9. The summed E-state index contributed by atoms with van der Waals surface area (Å²) < 4.78 is 11.8. The monoisotopic (exact) mass is 431 g/mol. The van der Waals surface area contributed by atoms with E-state index in [9.17, 15) is 14.4 Å². The zero-order valence-electron chi connectivity index (χ0n) is 17.6. The van der Waals surface area contributed by atoms with Crippen molar-refractivity contribution in [3.05, 3.63) is 23.8 Å². The molecule has 9 heteroatoms. The molecule has 0 bridgehead atoms. The molecule has 1 saturated heterocycles. The van der Waals surface area contributed by atoms with Crippen molar-refractivity contribution < 1.29 is 29.0 Å². The molecule has 0 aromatic heterocycles. The van der Waals surface area contributed by atoms with Crippen LogP contribution in [0.2, 0.25) is 0 Å². The minimum Gasteiger partial charge on any atom is -0.490 e. The van der Waals surface area contributed by atoms with Crippen molar-refractivity contribution in [1.82, 2.24) is 10.2 Å². The normalized spacial score (nSPS) is 26.2. The molecular formula is C22H29N3O6. The van der Waals surface area contributed by atoms with Gasteiger partial charge in [0.2, 0.25) is 0 Å². The van der Waals surface area contributed by atoms with Crippen molar-refractivity contribution in [2.45, 2.75) is 69.2 Å². The fourth-order valence-electron chi connectivity index (χ4n) is 4.72. The Kier molecular flexibility index (Phi) is 6.31. The number of anilines is 1. The number of nitrogens with one attached hydrogen (secondary N) is 2. The second kappa shape index (κ2) is 9.13. The molecule has 1 aromatic carbocycles. The third-order valence-electron chi connectivity index (χ3n) is 6.36. The second-order valence-corrected chi connectivity index (χ2v) is 8.56. The highest BCUT2D eigenvalue weighted by atomic mass is 16.5. The van der Waals surface area contributed by atoms with Gasteiger partial charge in [-0.25, -0.2) is 4.79 Å². The molecular weight excluding hydrogens is 402 g/mol. The molecule has 168 valence electrons. The molecule has 0 radical (unpaired) electrons. The van der Waals surface area contributed by atoms with E-state index in [1.165, 1.54) is 0 Å². The van der Waals surface area contributed by atoms with Crippen LogP contribution in [-0.4, -0.2) is 65.9 Å². The molecule has 3 N–H and O–H groups in total. The first kappa shape index (κ1) is 21.4. The number of carboxylic acid groups (broad SMARTS) is 1. The van der Waals surface area contributed by atoms with Gasteiger partial charge in [0.25, 0.3) is 5.91 Å². The van der Waals surface area contributed by atoms with Crippen LogP contribution in [0.1, 0.15) is 55.3 Å². The largest absolute Gasteiger partial charge is 0.490 e. The molecule has 2 heterocycles. The number of likely N-dealkylation sites (N-methyl/N-ethyl adjacent to an activating group) is 1. The summed E-state index contributed by atoms with van der Waals surface area (Å²) in [5.74, 6) is -0.701. The molecule has 9 nitrogen and oxygen atoms in total. The zero-order chi connectivity index (χ0) is 22.0. The summed E-state index contributed by atoms with van der Waals surface area (Å²) in [4.78, 5) is 38.2. The van der Waals surface area contributed by atoms with Gasteiger partial charge in [0.1, 0.15) is 18.5 Å². The van der Waals surface area contributed by atoms with E-state index in [0.717, 1.165) is 25.7 Å². The molecule has 3 aliphatic rings. The highest BCUT2D eigenvalue weighted by Gasteiger charge is 2.39. The lowest BCUT2D eigenvalue weighted by Crippen LogP contribution is -2.53. The fraction of sp³-hybridized carbons (Fsp3) is 0.591. The smallest absolute Gasteiger partial charge is 0.319 e. The number of fused-ring (bicyclic) bond motifs is 2. The van der Waals surface area contributed by atoms with Crippen LogP contribution in [0.3, 0.4) is 0 Å². The van der Waals surface area contributed by atoms with Crippen molar-refractivity contribution in [2.24, 2.45) is 0 Å². The Morgan fingerprint density at radius 2 is 1.97 bits per heavy atom. The summed E-state index contributed by atoms with van der Waals surface area (Å²) in [7, 11) is 1.73. The molecule has 0 unspecified atom stereocenters. The molecule has 1 aromatic rings. The Bertz CT molecular complexity index is 854. The number of amides is 3. The predicted octanol–water partition coefficient (Wildman–Crippen LogP) is 2.61. The molecule has 3 amide bonds. The third kappa shape index (κ3) is 4.92. The number of ether oxygens (including phenoxy) is 2. The Balaban J connectivity index is 1.47. The molecule has 31 heavy (non-hydrogen) atoms. The number of urea groups is 1. The van der Waals surface area contributed by atoms with Crippen LogP contribution < -0.4 is 15.4 Å². The quantitative estimate of drug-likeness (QED) is 0.675. The van der Waals surface area contributed by atoms with E-state index in [1.54, 1.807) is 30.1 Å². The van der Waals surface area contributed by atoms with Crippen LogP contribution in [0.4, 0.5) is 10.5 Å². The highest BCUT2D eigenvalue weighted by Crippen LogP contribution is 2.32. The summed E-state index contributed by atoms with van der Waals surface area (Å²) >= 11 is 0. The molecule has 2 aliphatic heterocycles. The summed E-state index contributed by atoms with van der Waals surface area (Å²) in [6.45, 7) is 0.223. The predicted molar refractivity (Wildman–Crippen MR) is 112 cm³/mol. The topological polar surface area (TPSA) is 117 Å². The molecule has 3 atom stereocenters. The van der Waals surface area contributed by atoms with Crippen LogP contribution in [0, 0.1) is 0 Å². The fourth-order valence-corrected chi connectivity index (χ4v) is 4.72. The number of rotatable bonds is 4. The maximum Gasteiger partial charge on any atom is 0.319 e. The zero-order valence-corrected chi connectivity index (χ0v) is 17.6. The number of hydrogen-bond acceptors (Lipinski definition) is 5. The van der Waals surface area contributed by atoms with Crippen LogP contribution in [0.25, 0.3) is 0 Å². The Morgan fingerprint density at radius 1 is 1.19 bits per heavy atom. The Labute approximate surface area is 181 Å². The van der Waals surface area contributed by atoms with E-state index in [1.807, 2.05) is 0 Å². The summed E-state index contributed by atoms with van der Waals surface area (Å²) in [5, 5.41) is 14.8. The molecule has 1 saturated carbocycles. The van der Waals surface area contributed by atoms with Crippen molar-refractivity contribution in [2.75, 3.05) is 19.0 Å². The first-order valence-corrected chi connectivity index (χ1v) is 10.9. The minimum absolute atomic E-state index is 0.0601. The van der Waals surface area contributed by atoms with Crippen molar-refractivity contribution in [3.63, 3.8) is 0 Å². The van der Waals surface area contributed by atoms with Gasteiger partial charge in [-0.2, -0.15) is 0 Å². The van der Waals surface area contributed by atoms with Gasteiger partial charge in [0.05, 0.1) is 24.1 Å². The lowest BCUT2D eigenvalue weighted by Gasteiger charge is -2.42. The maximum absolute atomic E-state index is 13.2. The summed E-state index contributed by atoms with van der Waals surface area (Å²) in [6.07, 6.45) is 4.63. The molecule has 1 aliphatic carbocycles. The second-order valence-electron chi connectivity index (χ2n) is 8.56. The van der Waals surface area contributed by atoms with Gasteiger partial charge in [-0.3, -0.25) is 9.59 Å². The van der Waals surface area contributed by atoms with Crippen LogP contribution >= 0.6 is 0 Å². The van der Waals surface area contributed by atoms with Gasteiger partial charge in [0, 0.05) is 18.8 Å². The summed E-state index contributed by atoms with van der Waals surface area (Å²) in [5.41, 5.74) is 0.908. The van der Waals surface area contributed by atoms with Gasteiger partial charge in [-0.15, -0.1) is 0 Å². The van der Waals surface area contributed by atoms with E-state index in [4.69, 9.17) is 14.6 Å². The number of benzene rings is 1. The summed E-state index contributed by atoms with van der Waals surface area (Å²) in [6, 6.07) is 4.74. The number of aliphatic carboxylic acids is 1.